The van der Waals surface area contributed by atoms with Crippen molar-refractivity contribution in [1.82, 2.24) is 19.7 Å². The third kappa shape index (κ3) is 5.25. The number of carbonyl (C=O) groups excluding carboxylic acids is 1. The molecule has 1 aliphatic heterocycles. The number of rotatable bonds is 9. The average Bonchev–Trinajstić information content (AvgIpc) is 3.63. The molecule has 0 bridgehead atoms. The van der Waals surface area contributed by atoms with Crippen LogP contribution in [0.15, 0.2) is 40.9 Å². The van der Waals surface area contributed by atoms with Crippen LogP contribution < -0.4 is 9.47 Å². The van der Waals surface area contributed by atoms with Crippen LogP contribution in [-0.2, 0) is 17.8 Å². The lowest BCUT2D eigenvalue weighted by molar-refractivity contribution is -0.128. The number of benzene rings is 1. The quantitative estimate of drug-likeness (QED) is 0.373. The van der Waals surface area contributed by atoms with E-state index in [0.29, 0.717) is 24.9 Å². The summed E-state index contributed by atoms with van der Waals surface area (Å²) in [5, 5.41) is 12.1. The SMILES string of the molecule is CCN(Cc1ccc2c(c1)OCO2)C(=O)CSc1nnc(Cc2cccs2)n1C1CCCCC1. The van der Waals surface area contributed by atoms with Crippen molar-refractivity contribution in [3.63, 3.8) is 0 Å². The second kappa shape index (κ2) is 10.8. The Balaban J connectivity index is 1.27. The summed E-state index contributed by atoms with van der Waals surface area (Å²) in [6, 6.07) is 10.5. The molecule has 180 valence electrons. The lowest BCUT2D eigenvalue weighted by Crippen LogP contribution is -2.31. The highest BCUT2D eigenvalue weighted by Crippen LogP contribution is 2.34. The first-order valence-electron chi connectivity index (χ1n) is 12.0. The van der Waals surface area contributed by atoms with Crippen molar-refractivity contribution in [2.45, 2.75) is 63.2 Å². The minimum atomic E-state index is 0.100. The van der Waals surface area contributed by atoms with Crippen LogP contribution in [0.3, 0.4) is 0 Å². The number of carbonyl (C=O) groups is 1. The van der Waals surface area contributed by atoms with Crippen LogP contribution in [0, 0.1) is 0 Å². The first-order valence-corrected chi connectivity index (χ1v) is 13.8. The van der Waals surface area contributed by atoms with Gasteiger partial charge in [-0.15, -0.1) is 21.5 Å². The molecular weight excluding hydrogens is 468 g/mol. The number of aromatic nitrogens is 3. The van der Waals surface area contributed by atoms with Crippen LogP contribution in [0.2, 0.25) is 0 Å². The molecule has 5 rings (SSSR count). The maximum Gasteiger partial charge on any atom is 0.233 e. The number of hydrogen-bond acceptors (Lipinski definition) is 7. The Morgan fingerprint density at radius 2 is 2.03 bits per heavy atom. The molecular formula is C25H30N4O3S2. The smallest absolute Gasteiger partial charge is 0.233 e. The summed E-state index contributed by atoms with van der Waals surface area (Å²) < 4.78 is 13.2. The molecule has 0 atom stereocenters. The highest BCUT2D eigenvalue weighted by atomic mass is 32.2. The molecule has 3 aromatic rings. The summed E-state index contributed by atoms with van der Waals surface area (Å²) in [5.41, 5.74) is 1.04. The Kier molecular flexibility index (Phi) is 7.39. The van der Waals surface area contributed by atoms with Crippen molar-refractivity contribution in [2.24, 2.45) is 0 Å². The van der Waals surface area contributed by atoms with Gasteiger partial charge in [0.1, 0.15) is 5.82 Å². The number of thiophene rings is 1. The van der Waals surface area contributed by atoms with Gasteiger partial charge in [-0.3, -0.25) is 4.79 Å². The topological polar surface area (TPSA) is 69.5 Å². The third-order valence-corrected chi connectivity index (χ3v) is 8.26. The number of ether oxygens (including phenoxy) is 2. The molecule has 1 saturated carbocycles. The maximum atomic E-state index is 13.1. The van der Waals surface area contributed by atoms with Crippen molar-refractivity contribution >= 4 is 29.0 Å². The maximum absolute atomic E-state index is 13.1. The molecule has 2 aliphatic rings. The molecule has 1 aliphatic carbocycles. The fraction of sp³-hybridized carbons (Fsp3) is 0.480. The van der Waals surface area contributed by atoms with Crippen molar-refractivity contribution in [3.05, 3.63) is 52.0 Å². The van der Waals surface area contributed by atoms with Crippen LogP contribution in [0.4, 0.5) is 0 Å². The van der Waals surface area contributed by atoms with E-state index in [9.17, 15) is 4.79 Å². The van der Waals surface area contributed by atoms with E-state index < -0.39 is 0 Å². The number of hydrogen-bond donors (Lipinski definition) is 0. The second-order valence-electron chi connectivity index (χ2n) is 8.70. The molecule has 0 saturated heterocycles. The van der Waals surface area contributed by atoms with Crippen LogP contribution in [-0.4, -0.2) is 44.7 Å². The van der Waals surface area contributed by atoms with Gasteiger partial charge in [0.2, 0.25) is 12.7 Å². The van der Waals surface area contributed by atoms with E-state index >= 15 is 0 Å². The van der Waals surface area contributed by atoms with E-state index in [-0.39, 0.29) is 12.7 Å². The number of fused-ring (bicyclic) bond motifs is 1. The zero-order valence-electron chi connectivity index (χ0n) is 19.4. The van der Waals surface area contributed by atoms with E-state index in [1.165, 1.54) is 35.9 Å². The molecule has 1 amide bonds. The number of thioether (sulfide) groups is 1. The van der Waals surface area contributed by atoms with E-state index in [0.717, 1.165) is 47.3 Å². The monoisotopic (exact) mass is 498 g/mol. The van der Waals surface area contributed by atoms with Crippen LogP contribution in [0.1, 0.15) is 61.3 Å². The highest BCUT2D eigenvalue weighted by molar-refractivity contribution is 7.99. The van der Waals surface area contributed by atoms with Gasteiger partial charge in [0.25, 0.3) is 0 Å². The van der Waals surface area contributed by atoms with Gasteiger partial charge in [0.15, 0.2) is 16.7 Å². The van der Waals surface area contributed by atoms with Gasteiger partial charge in [0.05, 0.1) is 5.75 Å². The summed E-state index contributed by atoms with van der Waals surface area (Å²) >= 11 is 3.26. The van der Waals surface area contributed by atoms with Gasteiger partial charge in [0, 0.05) is 30.4 Å². The zero-order valence-corrected chi connectivity index (χ0v) is 21.1. The Morgan fingerprint density at radius 3 is 2.82 bits per heavy atom. The van der Waals surface area contributed by atoms with E-state index in [4.69, 9.17) is 9.47 Å². The van der Waals surface area contributed by atoms with Crippen molar-refractivity contribution in [3.8, 4) is 11.5 Å². The molecule has 0 unspecified atom stereocenters. The lowest BCUT2D eigenvalue weighted by Gasteiger charge is -2.26. The second-order valence-corrected chi connectivity index (χ2v) is 10.7. The summed E-state index contributed by atoms with van der Waals surface area (Å²) in [7, 11) is 0. The van der Waals surface area contributed by atoms with E-state index in [1.807, 2.05) is 30.0 Å². The summed E-state index contributed by atoms with van der Waals surface area (Å²) in [4.78, 5) is 16.3. The minimum absolute atomic E-state index is 0.100. The minimum Gasteiger partial charge on any atom is -0.454 e. The molecule has 34 heavy (non-hydrogen) atoms. The Bertz CT molecular complexity index is 1110. The van der Waals surface area contributed by atoms with Gasteiger partial charge < -0.3 is 18.9 Å². The zero-order chi connectivity index (χ0) is 23.3. The summed E-state index contributed by atoms with van der Waals surface area (Å²) in [6.07, 6.45) is 6.88. The largest absolute Gasteiger partial charge is 0.454 e. The summed E-state index contributed by atoms with van der Waals surface area (Å²) in [6.45, 7) is 3.46. The molecule has 7 nitrogen and oxygen atoms in total. The molecule has 3 heterocycles. The van der Waals surface area contributed by atoms with Crippen molar-refractivity contribution in [1.29, 1.82) is 0 Å². The Labute approximate surface area is 208 Å². The van der Waals surface area contributed by atoms with Gasteiger partial charge >= 0.3 is 0 Å². The fourth-order valence-electron chi connectivity index (χ4n) is 4.65. The predicted octanol–water partition coefficient (Wildman–Crippen LogP) is 5.31. The van der Waals surface area contributed by atoms with Gasteiger partial charge in [-0.25, -0.2) is 0 Å². The van der Waals surface area contributed by atoms with Gasteiger partial charge in [-0.1, -0.05) is 43.2 Å². The predicted molar refractivity (Wildman–Crippen MR) is 134 cm³/mol. The fourth-order valence-corrected chi connectivity index (χ4v) is 6.28. The molecule has 0 radical (unpaired) electrons. The first kappa shape index (κ1) is 23.2. The van der Waals surface area contributed by atoms with Crippen LogP contribution in [0.5, 0.6) is 11.5 Å². The average molecular weight is 499 g/mol. The summed E-state index contributed by atoms with van der Waals surface area (Å²) in [5.74, 6) is 2.96. The van der Waals surface area contributed by atoms with Crippen LogP contribution >= 0.6 is 23.1 Å². The van der Waals surface area contributed by atoms with Gasteiger partial charge in [-0.2, -0.15) is 0 Å². The molecule has 9 heteroatoms. The highest BCUT2D eigenvalue weighted by Gasteiger charge is 2.24. The number of amides is 1. The van der Waals surface area contributed by atoms with E-state index in [1.54, 1.807) is 11.3 Å². The van der Waals surface area contributed by atoms with Crippen LogP contribution in [0.25, 0.3) is 0 Å². The normalized spacial score (nSPS) is 15.6. The van der Waals surface area contributed by atoms with E-state index in [2.05, 4.69) is 32.3 Å². The number of nitrogens with zero attached hydrogens (tertiary/aromatic N) is 4. The van der Waals surface area contributed by atoms with Gasteiger partial charge in [-0.05, 0) is 48.9 Å². The molecule has 0 N–H and O–H groups in total. The standard InChI is InChI=1S/C25H30N4O3S2/c1-2-28(15-18-10-11-21-22(13-18)32-17-31-21)24(30)16-34-25-27-26-23(14-20-9-6-12-33-20)29(25)19-7-4-3-5-8-19/h6,9-13,19H,2-5,7-8,14-17H2,1H3. The Morgan fingerprint density at radius 1 is 1.18 bits per heavy atom. The molecule has 0 spiro atoms. The molecule has 1 aromatic carbocycles. The Hall–Kier alpha value is -2.52. The lowest BCUT2D eigenvalue weighted by atomic mass is 9.95. The molecule has 1 fully saturated rings. The third-order valence-electron chi connectivity index (χ3n) is 6.46. The van der Waals surface area contributed by atoms with Crippen molar-refractivity contribution in [2.75, 3.05) is 19.1 Å². The molecule has 2 aromatic heterocycles. The first-order chi connectivity index (χ1) is 16.7. The van der Waals surface area contributed by atoms with Crippen molar-refractivity contribution < 1.29 is 14.3 Å².